The van der Waals surface area contributed by atoms with Crippen LogP contribution in [0.5, 0.6) is 5.75 Å². The Morgan fingerprint density at radius 2 is 1.96 bits per heavy atom. The molecule has 124 valence electrons. The molecule has 0 aliphatic carbocycles. The van der Waals surface area contributed by atoms with Crippen LogP contribution < -0.4 is 15.4 Å². The van der Waals surface area contributed by atoms with Gasteiger partial charge in [0.15, 0.2) is 11.9 Å². The maximum atomic E-state index is 13.6. The van der Waals surface area contributed by atoms with E-state index in [4.69, 9.17) is 4.74 Å². The van der Waals surface area contributed by atoms with Crippen LogP contribution in [0, 0.1) is 15.2 Å². The zero-order valence-corrected chi connectivity index (χ0v) is 14.5. The van der Waals surface area contributed by atoms with Gasteiger partial charge in [0.05, 0.1) is 14.8 Å². The number of nitrogens with one attached hydrogen (secondary N) is 2. The average Bonchev–Trinajstić information content (AvgIpc) is 2.53. The fourth-order valence-electron chi connectivity index (χ4n) is 2.23. The highest BCUT2D eigenvalue weighted by Crippen LogP contribution is 2.34. The van der Waals surface area contributed by atoms with E-state index in [-0.39, 0.29) is 26.5 Å². The number of hydrogen-bond acceptors (Lipinski definition) is 3. The number of rotatable bonds is 2. The van der Waals surface area contributed by atoms with Gasteiger partial charge in [-0.1, -0.05) is 6.07 Å². The molecule has 3 rings (SSSR count). The lowest BCUT2D eigenvalue weighted by Crippen LogP contribution is -2.35. The van der Waals surface area contributed by atoms with Crippen LogP contribution >= 0.6 is 22.6 Å². The third-order valence-corrected chi connectivity index (χ3v) is 4.45. The molecule has 0 saturated carbocycles. The summed E-state index contributed by atoms with van der Waals surface area (Å²) in [6, 6.07) is 6.73. The number of benzene rings is 2. The largest absolute Gasteiger partial charge is 0.478 e. The molecule has 0 spiro atoms. The molecular weight excluding hydrogens is 433 g/mol. The minimum Gasteiger partial charge on any atom is -0.478 e. The molecule has 2 aromatic rings. The van der Waals surface area contributed by atoms with E-state index in [1.165, 1.54) is 6.07 Å². The molecule has 24 heavy (non-hydrogen) atoms. The fraction of sp³-hybridized carbons (Fsp3) is 0.125. The van der Waals surface area contributed by atoms with Crippen molar-refractivity contribution in [1.82, 2.24) is 0 Å². The van der Waals surface area contributed by atoms with Crippen LogP contribution in [0.3, 0.4) is 0 Å². The number of halogens is 3. The van der Waals surface area contributed by atoms with Crippen molar-refractivity contribution in [3.63, 3.8) is 0 Å². The lowest BCUT2D eigenvalue weighted by molar-refractivity contribution is -0.122. The summed E-state index contributed by atoms with van der Waals surface area (Å²) in [4.78, 5) is 24.0. The molecule has 2 amide bonds. The topological polar surface area (TPSA) is 67.4 Å². The van der Waals surface area contributed by atoms with E-state index in [1.54, 1.807) is 41.6 Å². The summed E-state index contributed by atoms with van der Waals surface area (Å²) >= 11 is 1.54. The Bertz CT molecular complexity index is 834. The molecule has 0 aromatic heterocycles. The Hall–Kier alpha value is -2.23. The van der Waals surface area contributed by atoms with E-state index in [1.807, 2.05) is 0 Å². The Labute approximate surface area is 149 Å². The minimum atomic E-state index is -0.766. The van der Waals surface area contributed by atoms with Gasteiger partial charge in [0, 0.05) is 5.69 Å². The van der Waals surface area contributed by atoms with Crippen LogP contribution in [0.15, 0.2) is 30.3 Å². The van der Waals surface area contributed by atoms with Gasteiger partial charge < -0.3 is 15.4 Å². The Balaban J connectivity index is 1.92. The summed E-state index contributed by atoms with van der Waals surface area (Å²) in [7, 11) is 0. The minimum absolute atomic E-state index is 0.0130. The normalized spacial score (nSPS) is 16.0. The van der Waals surface area contributed by atoms with E-state index in [0.717, 1.165) is 12.1 Å². The summed E-state index contributed by atoms with van der Waals surface area (Å²) in [6.45, 7) is 1.55. The molecule has 1 unspecified atom stereocenters. The highest BCUT2D eigenvalue weighted by Gasteiger charge is 2.27. The van der Waals surface area contributed by atoms with Crippen molar-refractivity contribution >= 4 is 45.8 Å². The molecule has 0 fully saturated rings. The number of amides is 2. The maximum absolute atomic E-state index is 13.6. The molecule has 1 heterocycles. The van der Waals surface area contributed by atoms with E-state index in [9.17, 15) is 18.4 Å². The first-order valence-electron chi connectivity index (χ1n) is 6.93. The van der Waals surface area contributed by atoms with Crippen LogP contribution in [0.2, 0.25) is 0 Å². The predicted octanol–water partition coefficient (Wildman–Crippen LogP) is 3.54. The first-order chi connectivity index (χ1) is 11.4. The third kappa shape index (κ3) is 3.05. The van der Waals surface area contributed by atoms with Gasteiger partial charge in [-0.25, -0.2) is 8.78 Å². The zero-order chi connectivity index (χ0) is 17.4. The van der Waals surface area contributed by atoms with Gasteiger partial charge >= 0.3 is 0 Å². The molecule has 0 bridgehead atoms. The molecule has 8 heteroatoms. The second-order valence-corrected chi connectivity index (χ2v) is 6.22. The van der Waals surface area contributed by atoms with Crippen LogP contribution in [0.4, 0.5) is 20.2 Å². The Morgan fingerprint density at radius 3 is 2.62 bits per heavy atom. The lowest BCUT2D eigenvalue weighted by Gasteiger charge is -2.25. The second-order valence-electron chi connectivity index (χ2n) is 5.14. The SMILES string of the molecule is CC1Oc2c(cccc2C(=O)Nc2cc(F)c(I)c(F)c2)NC1=O. The molecule has 2 aromatic carbocycles. The number of hydrogen-bond donors (Lipinski definition) is 2. The monoisotopic (exact) mass is 444 g/mol. The van der Waals surface area contributed by atoms with Crippen LogP contribution in [0.1, 0.15) is 17.3 Å². The molecule has 0 radical (unpaired) electrons. The van der Waals surface area contributed by atoms with Crippen molar-refractivity contribution in [3.05, 3.63) is 51.1 Å². The standard InChI is InChI=1S/C16H11F2IN2O3/c1-7-15(22)21-12-4-2-3-9(14(12)24-7)16(23)20-8-5-10(17)13(19)11(18)6-8/h2-7H,1H3,(H,20,23)(H,21,22). The summed E-state index contributed by atoms with van der Waals surface area (Å²) in [6.07, 6.45) is -0.750. The number of para-hydroxylation sites is 1. The molecule has 5 nitrogen and oxygen atoms in total. The fourth-order valence-corrected chi connectivity index (χ4v) is 2.54. The number of carbonyl (C=O) groups is 2. The van der Waals surface area contributed by atoms with Gasteiger partial charge in [0.2, 0.25) is 0 Å². The van der Waals surface area contributed by atoms with E-state index in [0.29, 0.717) is 5.69 Å². The van der Waals surface area contributed by atoms with Gasteiger partial charge in [-0.3, -0.25) is 9.59 Å². The lowest BCUT2D eigenvalue weighted by atomic mass is 10.1. The number of fused-ring (bicyclic) bond motifs is 1. The maximum Gasteiger partial charge on any atom is 0.265 e. The first-order valence-corrected chi connectivity index (χ1v) is 8.01. The van der Waals surface area contributed by atoms with Gasteiger partial charge in [0.25, 0.3) is 11.8 Å². The molecule has 1 atom stereocenters. The molecule has 1 aliphatic heterocycles. The quantitative estimate of drug-likeness (QED) is 0.550. The van der Waals surface area contributed by atoms with Crippen LogP contribution in [-0.2, 0) is 4.79 Å². The van der Waals surface area contributed by atoms with E-state index < -0.39 is 23.6 Å². The first kappa shape index (κ1) is 16.6. The molecule has 2 N–H and O–H groups in total. The van der Waals surface area contributed by atoms with E-state index in [2.05, 4.69) is 10.6 Å². The second kappa shape index (κ2) is 6.34. The van der Waals surface area contributed by atoms with Crippen molar-refractivity contribution in [2.45, 2.75) is 13.0 Å². The van der Waals surface area contributed by atoms with Crippen molar-refractivity contribution in [2.75, 3.05) is 10.6 Å². The summed E-state index contributed by atoms with van der Waals surface area (Å²) in [5, 5.41) is 5.06. The van der Waals surface area contributed by atoms with Gasteiger partial charge in [0.1, 0.15) is 11.6 Å². The highest BCUT2D eigenvalue weighted by molar-refractivity contribution is 14.1. The zero-order valence-electron chi connectivity index (χ0n) is 12.3. The summed E-state index contributed by atoms with van der Waals surface area (Å²) < 4.78 is 32.5. The predicted molar refractivity (Wildman–Crippen MR) is 92.2 cm³/mol. The van der Waals surface area contributed by atoms with Crippen molar-refractivity contribution in [2.24, 2.45) is 0 Å². The van der Waals surface area contributed by atoms with E-state index >= 15 is 0 Å². The summed E-state index contributed by atoms with van der Waals surface area (Å²) in [5.41, 5.74) is 0.505. The number of carbonyl (C=O) groups excluding carboxylic acids is 2. The Morgan fingerprint density at radius 1 is 1.29 bits per heavy atom. The van der Waals surface area contributed by atoms with Crippen molar-refractivity contribution in [3.8, 4) is 5.75 Å². The molecular formula is C16H11F2IN2O3. The Kier molecular flexibility index (Phi) is 4.39. The smallest absolute Gasteiger partial charge is 0.265 e. The van der Waals surface area contributed by atoms with Gasteiger partial charge in [-0.05, 0) is 53.8 Å². The third-order valence-electron chi connectivity index (χ3n) is 3.42. The molecule has 1 aliphatic rings. The summed E-state index contributed by atoms with van der Waals surface area (Å²) in [5.74, 6) is -2.23. The van der Waals surface area contributed by atoms with Crippen LogP contribution in [-0.4, -0.2) is 17.9 Å². The average molecular weight is 444 g/mol. The number of anilines is 2. The van der Waals surface area contributed by atoms with Gasteiger partial charge in [-0.15, -0.1) is 0 Å². The van der Waals surface area contributed by atoms with Crippen LogP contribution in [0.25, 0.3) is 0 Å². The number of ether oxygens (including phenoxy) is 1. The molecule has 0 saturated heterocycles. The van der Waals surface area contributed by atoms with Gasteiger partial charge in [-0.2, -0.15) is 0 Å². The highest BCUT2D eigenvalue weighted by atomic mass is 127. The van der Waals surface area contributed by atoms with Crippen molar-refractivity contribution < 1.29 is 23.1 Å². The van der Waals surface area contributed by atoms with Crippen molar-refractivity contribution in [1.29, 1.82) is 0 Å².